The first kappa shape index (κ1) is 18.1. The van der Waals surface area contributed by atoms with Crippen LogP contribution in [0.4, 0.5) is 0 Å². The van der Waals surface area contributed by atoms with Gasteiger partial charge in [0.15, 0.2) is 5.78 Å². The van der Waals surface area contributed by atoms with Gasteiger partial charge in [-0.3, -0.25) is 14.3 Å². The summed E-state index contributed by atoms with van der Waals surface area (Å²) in [5, 5.41) is 7.54. The van der Waals surface area contributed by atoms with Crippen molar-refractivity contribution in [2.75, 3.05) is 20.3 Å². The molecule has 7 nitrogen and oxygen atoms in total. The highest BCUT2D eigenvalue weighted by molar-refractivity contribution is 5.96. The Balaban J connectivity index is 1.57. The van der Waals surface area contributed by atoms with Crippen LogP contribution in [-0.4, -0.2) is 53.9 Å². The van der Waals surface area contributed by atoms with E-state index < -0.39 is 0 Å². The van der Waals surface area contributed by atoms with Crippen LogP contribution in [0.25, 0.3) is 0 Å². The lowest BCUT2D eigenvalue weighted by atomic mass is 9.67. The molecule has 2 fully saturated rings. The number of Topliss-reactive ketones (excluding diaryl/α,β-unsaturated/α-hetero) is 1. The molecule has 2 aliphatic rings. The van der Waals surface area contributed by atoms with Gasteiger partial charge in [-0.15, -0.1) is 0 Å². The molecule has 0 radical (unpaired) electrons. The summed E-state index contributed by atoms with van der Waals surface area (Å²) in [6.07, 6.45) is 1.56. The fourth-order valence-electron chi connectivity index (χ4n) is 4.32. The third kappa shape index (κ3) is 3.35. The SMILES string of the molecule is COC[C@H]1[C@@H](NC(=O)CCn2nc(C)c(C(C)=O)c2C)[C@@H]2CCO[C@@H]21. The number of nitrogens with zero attached hydrogens (tertiary/aromatic N) is 2. The second-order valence-corrected chi connectivity index (χ2v) is 7.08. The molecule has 1 aromatic heterocycles. The molecule has 1 aliphatic heterocycles. The normalized spacial score (nSPS) is 27.7. The summed E-state index contributed by atoms with van der Waals surface area (Å²) in [4.78, 5) is 24.1. The molecule has 2 heterocycles. The van der Waals surface area contributed by atoms with Gasteiger partial charge in [0, 0.05) is 50.3 Å². The third-order valence-electron chi connectivity index (χ3n) is 5.50. The first-order valence-electron chi connectivity index (χ1n) is 8.89. The summed E-state index contributed by atoms with van der Waals surface area (Å²) >= 11 is 0. The van der Waals surface area contributed by atoms with Crippen molar-refractivity contribution in [1.82, 2.24) is 15.1 Å². The number of hydrogen-bond acceptors (Lipinski definition) is 5. The van der Waals surface area contributed by atoms with Crippen molar-refractivity contribution in [2.24, 2.45) is 11.8 Å². The minimum absolute atomic E-state index is 0.00776. The van der Waals surface area contributed by atoms with Gasteiger partial charge in [-0.05, 0) is 27.2 Å². The molecule has 4 atom stereocenters. The standard InChI is InChI=1S/C18H27N3O4/c1-10-16(12(3)22)11(2)21(20-10)7-5-15(23)19-17-13-6-8-25-18(13)14(17)9-24-4/h13-14,17-18H,5-9H2,1-4H3,(H,19,23)/t13-,14-,17-,18-/m0/s1. The van der Waals surface area contributed by atoms with Crippen molar-refractivity contribution in [1.29, 1.82) is 0 Å². The number of methoxy groups -OCH3 is 1. The molecule has 0 bridgehead atoms. The fourth-order valence-corrected chi connectivity index (χ4v) is 4.32. The van der Waals surface area contributed by atoms with Gasteiger partial charge in [-0.1, -0.05) is 0 Å². The van der Waals surface area contributed by atoms with Crippen LogP contribution in [-0.2, 0) is 20.8 Å². The number of carbonyl (C=O) groups is 2. The van der Waals surface area contributed by atoms with Crippen LogP contribution in [0.15, 0.2) is 0 Å². The van der Waals surface area contributed by atoms with Crippen molar-refractivity contribution in [2.45, 2.75) is 52.3 Å². The van der Waals surface area contributed by atoms with E-state index in [-0.39, 0.29) is 29.8 Å². The second-order valence-electron chi connectivity index (χ2n) is 7.08. The summed E-state index contributed by atoms with van der Waals surface area (Å²) in [5.74, 6) is 0.657. The van der Waals surface area contributed by atoms with Gasteiger partial charge in [-0.2, -0.15) is 5.10 Å². The molecule has 1 saturated heterocycles. The maximum atomic E-state index is 12.4. The van der Waals surface area contributed by atoms with E-state index in [2.05, 4.69) is 10.4 Å². The van der Waals surface area contributed by atoms with Crippen LogP contribution < -0.4 is 5.32 Å². The summed E-state index contributed by atoms with van der Waals surface area (Å²) in [6, 6.07) is 0.133. The molecule has 0 unspecified atom stereocenters. The van der Waals surface area contributed by atoms with Crippen LogP contribution in [0.2, 0.25) is 0 Å². The predicted molar refractivity (Wildman–Crippen MR) is 91.5 cm³/mol. The highest BCUT2D eigenvalue weighted by Crippen LogP contribution is 2.43. The van der Waals surface area contributed by atoms with Gasteiger partial charge in [-0.25, -0.2) is 0 Å². The average Bonchev–Trinajstić information content (AvgIpc) is 3.10. The van der Waals surface area contributed by atoms with Crippen LogP contribution in [0.5, 0.6) is 0 Å². The molecule has 7 heteroatoms. The van der Waals surface area contributed by atoms with E-state index in [0.717, 1.165) is 24.4 Å². The van der Waals surface area contributed by atoms with Crippen molar-refractivity contribution >= 4 is 11.7 Å². The van der Waals surface area contributed by atoms with Gasteiger partial charge in [0.25, 0.3) is 0 Å². The number of hydrogen-bond donors (Lipinski definition) is 1. The number of ether oxygens (including phenoxy) is 2. The van der Waals surface area contributed by atoms with Crippen molar-refractivity contribution in [3.63, 3.8) is 0 Å². The summed E-state index contributed by atoms with van der Waals surface area (Å²) in [7, 11) is 1.68. The molecule has 1 N–H and O–H groups in total. The lowest BCUT2D eigenvalue weighted by Gasteiger charge is -2.47. The number of nitrogens with one attached hydrogen (secondary N) is 1. The molecule has 1 aliphatic carbocycles. The molecule has 0 aromatic carbocycles. The fraction of sp³-hybridized carbons (Fsp3) is 0.722. The molecular formula is C18H27N3O4. The molecule has 138 valence electrons. The van der Waals surface area contributed by atoms with Crippen LogP contribution >= 0.6 is 0 Å². The van der Waals surface area contributed by atoms with E-state index in [4.69, 9.17) is 9.47 Å². The lowest BCUT2D eigenvalue weighted by molar-refractivity contribution is -0.130. The van der Waals surface area contributed by atoms with E-state index in [1.165, 1.54) is 0 Å². The molecule has 1 amide bonds. The Bertz CT molecular complexity index is 670. The first-order valence-corrected chi connectivity index (χ1v) is 8.89. The van der Waals surface area contributed by atoms with E-state index in [1.54, 1.807) is 18.7 Å². The van der Waals surface area contributed by atoms with Gasteiger partial charge >= 0.3 is 0 Å². The Morgan fingerprint density at radius 1 is 1.40 bits per heavy atom. The Morgan fingerprint density at radius 2 is 2.16 bits per heavy atom. The topological polar surface area (TPSA) is 82.5 Å². The van der Waals surface area contributed by atoms with Crippen LogP contribution in [0, 0.1) is 25.7 Å². The number of carbonyl (C=O) groups excluding carboxylic acids is 2. The van der Waals surface area contributed by atoms with Crippen molar-refractivity contribution in [3.05, 3.63) is 17.0 Å². The monoisotopic (exact) mass is 349 g/mol. The smallest absolute Gasteiger partial charge is 0.222 e. The quantitative estimate of drug-likeness (QED) is 0.750. The minimum atomic E-state index is 0.00776. The third-order valence-corrected chi connectivity index (χ3v) is 5.50. The van der Waals surface area contributed by atoms with Gasteiger partial charge in [0.2, 0.25) is 5.91 Å². The number of aromatic nitrogens is 2. The lowest BCUT2D eigenvalue weighted by Crippen LogP contribution is -2.62. The van der Waals surface area contributed by atoms with Crippen LogP contribution in [0.3, 0.4) is 0 Å². The predicted octanol–water partition coefficient (Wildman–Crippen LogP) is 1.26. The number of amides is 1. The number of rotatable bonds is 7. The van der Waals surface area contributed by atoms with Crippen LogP contribution in [0.1, 0.15) is 41.5 Å². The maximum absolute atomic E-state index is 12.4. The summed E-state index contributed by atoms with van der Waals surface area (Å²) in [6.45, 7) is 7.08. The molecule has 1 aromatic rings. The van der Waals surface area contributed by atoms with E-state index in [9.17, 15) is 9.59 Å². The van der Waals surface area contributed by atoms with E-state index in [0.29, 0.717) is 31.1 Å². The maximum Gasteiger partial charge on any atom is 0.222 e. The zero-order chi connectivity index (χ0) is 18.1. The Kier molecular flexibility index (Phi) is 5.24. The number of fused-ring (bicyclic) bond motifs is 1. The first-order chi connectivity index (χ1) is 11.9. The van der Waals surface area contributed by atoms with Crippen molar-refractivity contribution in [3.8, 4) is 0 Å². The molecule has 25 heavy (non-hydrogen) atoms. The zero-order valence-electron chi connectivity index (χ0n) is 15.4. The highest BCUT2D eigenvalue weighted by atomic mass is 16.5. The second kappa shape index (κ2) is 7.25. The number of ketones is 1. The van der Waals surface area contributed by atoms with Gasteiger partial charge < -0.3 is 14.8 Å². The van der Waals surface area contributed by atoms with Gasteiger partial charge in [0.1, 0.15) is 0 Å². The Labute approximate surface area is 148 Å². The minimum Gasteiger partial charge on any atom is -0.384 e. The molecule has 0 spiro atoms. The molecule has 1 saturated carbocycles. The zero-order valence-corrected chi connectivity index (χ0v) is 15.4. The Hall–Kier alpha value is -1.73. The average molecular weight is 349 g/mol. The van der Waals surface area contributed by atoms with E-state index >= 15 is 0 Å². The van der Waals surface area contributed by atoms with Gasteiger partial charge in [0.05, 0.1) is 24.0 Å². The summed E-state index contributed by atoms with van der Waals surface area (Å²) < 4.78 is 12.8. The molecular weight excluding hydrogens is 322 g/mol. The number of aryl methyl sites for hydroxylation is 2. The Morgan fingerprint density at radius 3 is 2.80 bits per heavy atom. The largest absolute Gasteiger partial charge is 0.384 e. The summed E-state index contributed by atoms with van der Waals surface area (Å²) in [5.41, 5.74) is 2.20. The van der Waals surface area contributed by atoms with E-state index in [1.807, 2.05) is 13.8 Å². The molecule has 3 rings (SSSR count). The van der Waals surface area contributed by atoms with Crippen molar-refractivity contribution < 1.29 is 19.1 Å². The highest BCUT2D eigenvalue weighted by Gasteiger charge is 2.54.